The highest BCUT2D eigenvalue weighted by atomic mass is 17.2. The quantitative estimate of drug-likeness (QED) is 0.429. The molecule has 0 fully saturated rings. The molecule has 1 aromatic carbocycles. The molecule has 20 heavy (non-hydrogen) atoms. The van der Waals surface area contributed by atoms with E-state index in [2.05, 4.69) is 14.7 Å². The van der Waals surface area contributed by atoms with E-state index < -0.39 is 17.5 Å². The van der Waals surface area contributed by atoms with Crippen molar-refractivity contribution in [2.24, 2.45) is 0 Å². The highest BCUT2D eigenvalue weighted by molar-refractivity contribution is 6.04. The molecule has 3 N–H and O–H groups in total. The summed E-state index contributed by atoms with van der Waals surface area (Å²) in [7, 11) is 0. The minimum absolute atomic E-state index is 0.215. The van der Waals surface area contributed by atoms with Crippen LogP contribution in [-0.4, -0.2) is 33.3 Å². The topological polar surface area (TPSA) is 105 Å². The summed E-state index contributed by atoms with van der Waals surface area (Å²) < 4.78 is 0. The molecule has 0 bridgehead atoms. The molecule has 1 aromatic rings. The molecule has 0 heterocycles. The molecule has 1 aliphatic carbocycles. The second-order valence-electron chi connectivity index (χ2n) is 4.08. The molecule has 106 valence electrons. The fourth-order valence-corrected chi connectivity index (χ4v) is 2.01. The zero-order valence-corrected chi connectivity index (χ0v) is 10.2. The van der Waals surface area contributed by atoms with E-state index in [4.69, 9.17) is 15.8 Å². The van der Waals surface area contributed by atoms with Gasteiger partial charge in [0.25, 0.3) is 0 Å². The first-order valence-corrected chi connectivity index (χ1v) is 5.63. The number of ketones is 1. The van der Waals surface area contributed by atoms with Gasteiger partial charge in [-0.3, -0.25) is 15.3 Å². The van der Waals surface area contributed by atoms with Crippen molar-refractivity contribution in [1.82, 2.24) is 0 Å². The van der Waals surface area contributed by atoms with Crippen LogP contribution in [0.3, 0.4) is 0 Å². The van der Waals surface area contributed by atoms with Gasteiger partial charge in [0.2, 0.25) is 11.4 Å². The van der Waals surface area contributed by atoms with Gasteiger partial charge in [0.15, 0.2) is 11.9 Å². The molecule has 0 saturated carbocycles. The lowest BCUT2D eigenvalue weighted by molar-refractivity contribution is -0.371. The summed E-state index contributed by atoms with van der Waals surface area (Å²) in [6.07, 6.45) is 2.19. The van der Waals surface area contributed by atoms with Crippen LogP contribution in [0.2, 0.25) is 0 Å². The zero-order valence-electron chi connectivity index (χ0n) is 10.2. The zero-order chi connectivity index (χ0) is 14.6. The molecule has 0 aromatic heterocycles. The Morgan fingerprint density at radius 3 is 2.40 bits per heavy atom. The van der Waals surface area contributed by atoms with Crippen molar-refractivity contribution in [3.05, 3.63) is 59.9 Å². The summed E-state index contributed by atoms with van der Waals surface area (Å²) in [4.78, 5) is 24.9. The van der Waals surface area contributed by atoms with E-state index in [0.717, 1.165) is 0 Å². The number of benzene rings is 1. The monoisotopic (exact) mass is 280 g/mol. The second-order valence-corrected chi connectivity index (χ2v) is 4.08. The van der Waals surface area contributed by atoms with Crippen molar-refractivity contribution in [2.45, 2.75) is 11.7 Å². The predicted molar refractivity (Wildman–Crippen MR) is 65.7 cm³/mol. The van der Waals surface area contributed by atoms with Crippen LogP contribution in [-0.2, 0) is 14.7 Å². The van der Waals surface area contributed by atoms with E-state index in [0.29, 0.717) is 0 Å². The molecule has 0 spiro atoms. The molecule has 2 rings (SSSR count). The van der Waals surface area contributed by atoms with E-state index in [1.165, 1.54) is 30.4 Å². The number of carbonyl (C=O) groups excluding carboxylic acids is 1. The van der Waals surface area contributed by atoms with Crippen LogP contribution >= 0.6 is 0 Å². The summed E-state index contributed by atoms with van der Waals surface area (Å²) in [6, 6.07) is 7.96. The van der Waals surface area contributed by atoms with Crippen LogP contribution in [0.1, 0.15) is 10.4 Å². The fourth-order valence-electron chi connectivity index (χ4n) is 2.01. The molecule has 7 nitrogen and oxygen atoms in total. The van der Waals surface area contributed by atoms with Crippen molar-refractivity contribution in [2.75, 3.05) is 0 Å². The smallest absolute Gasteiger partial charge is 0.220 e. The third-order valence-electron chi connectivity index (χ3n) is 3.00. The summed E-state index contributed by atoms with van der Waals surface area (Å²) in [5.74, 6) is -0.980. The third kappa shape index (κ3) is 2.24. The fraction of sp³-hybridized carbons (Fsp3) is 0.154. The molecular weight excluding hydrogens is 268 g/mol. The summed E-state index contributed by atoms with van der Waals surface area (Å²) in [5.41, 5.74) is -1.85. The summed E-state index contributed by atoms with van der Waals surface area (Å²) in [5, 5.41) is 26.8. The normalized spacial score (nSPS) is 25.1. The van der Waals surface area contributed by atoms with Gasteiger partial charge in [-0.2, -0.15) is 0 Å². The van der Waals surface area contributed by atoms with Gasteiger partial charge in [-0.1, -0.05) is 36.4 Å². The molecule has 0 saturated heterocycles. The van der Waals surface area contributed by atoms with Crippen molar-refractivity contribution in [3.8, 4) is 0 Å². The van der Waals surface area contributed by atoms with Gasteiger partial charge >= 0.3 is 0 Å². The molecule has 7 heteroatoms. The Balaban J connectivity index is 2.46. The Bertz CT molecular complexity index is 537. The Labute approximate surface area is 113 Å². The number of carbonyl (C=O) groups is 1. The number of Topliss-reactive ketones (excluding diaryl/α,β-unsaturated/α-hetero) is 1. The van der Waals surface area contributed by atoms with Crippen LogP contribution in [0.5, 0.6) is 0 Å². The van der Waals surface area contributed by atoms with E-state index in [1.54, 1.807) is 18.2 Å². The number of hydrogen-bond donors (Lipinski definition) is 3. The molecule has 0 amide bonds. The molecule has 1 aliphatic rings. The summed E-state index contributed by atoms with van der Waals surface area (Å²) in [6.45, 7) is 0. The number of rotatable bonds is 5. The van der Waals surface area contributed by atoms with Gasteiger partial charge < -0.3 is 4.89 Å². The Morgan fingerprint density at radius 1 is 1.15 bits per heavy atom. The lowest BCUT2D eigenvalue weighted by Crippen LogP contribution is -2.52. The predicted octanol–water partition coefficient (Wildman–Crippen LogP) is 1.90. The van der Waals surface area contributed by atoms with E-state index in [-0.39, 0.29) is 11.3 Å². The van der Waals surface area contributed by atoms with Gasteiger partial charge in [0, 0.05) is 5.56 Å². The Morgan fingerprint density at radius 2 is 1.85 bits per heavy atom. The second kappa shape index (κ2) is 5.95. The highest BCUT2D eigenvalue weighted by Gasteiger charge is 2.52. The van der Waals surface area contributed by atoms with Gasteiger partial charge in [-0.25, -0.2) is 15.0 Å². The van der Waals surface area contributed by atoms with E-state index >= 15 is 0 Å². The SMILES string of the molecule is O=C(c1ccccc1)C1(OO)C=CC=C(OO)C1OO. The van der Waals surface area contributed by atoms with E-state index in [9.17, 15) is 4.79 Å². The van der Waals surface area contributed by atoms with Crippen LogP contribution < -0.4 is 0 Å². The van der Waals surface area contributed by atoms with Gasteiger partial charge in [0.05, 0.1) is 0 Å². The number of allylic oxidation sites excluding steroid dienone is 2. The van der Waals surface area contributed by atoms with Crippen LogP contribution in [0.25, 0.3) is 0 Å². The third-order valence-corrected chi connectivity index (χ3v) is 3.00. The Hall–Kier alpha value is -2.03. The van der Waals surface area contributed by atoms with E-state index in [1.807, 2.05) is 0 Å². The Kier molecular flexibility index (Phi) is 4.28. The largest absolute Gasteiger partial charge is 0.342 e. The number of hydrogen-bond acceptors (Lipinski definition) is 7. The van der Waals surface area contributed by atoms with Gasteiger partial charge in [-0.15, -0.1) is 0 Å². The van der Waals surface area contributed by atoms with Crippen LogP contribution in [0.4, 0.5) is 0 Å². The maximum absolute atomic E-state index is 12.5. The first-order chi connectivity index (χ1) is 9.69. The average molecular weight is 280 g/mol. The van der Waals surface area contributed by atoms with Crippen molar-refractivity contribution in [3.63, 3.8) is 0 Å². The lowest BCUT2D eigenvalue weighted by Gasteiger charge is -2.33. The minimum atomic E-state index is -2.07. The molecule has 2 atom stereocenters. The molecular formula is C13H12O7. The maximum Gasteiger partial charge on any atom is 0.220 e. The van der Waals surface area contributed by atoms with Crippen LogP contribution in [0, 0.1) is 0 Å². The van der Waals surface area contributed by atoms with Crippen molar-refractivity contribution in [1.29, 1.82) is 0 Å². The molecule has 0 aliphatic heterocycles. The van der Waals surface area contributed by atoms with Gasteiger partial charge in [-0.05, 0) is 12.2 Å². The summed E-state index contributed by atoms with van der Waals surface area (Å²) >= 11 is 0. The highest BCUT2D eigenvalue weighted by Crippen LogP contribution is 2.32. The maximum atomic E-state index is 12.5. The molecule has 2 unspecified atom stereocenters. The van der Waals surface area contributed by atoms with Gasteiger partial charge in [0.1, 0.15) is 0 Å². The minimum Gasteiger partial charge on any atom is -0.342 e. The lowest BCUT2D eigenvalue weighted by atomic mass is 9.83. The molecule has 0 radical (unpaired) electrons. The first-order valence-electron chi connectivity index (χ1n) is 5.63. The first kappa shape index (κ1) is 14.4. The average Bonchev–Trinajstić information content (AvgIpc) is 2.53. The van der Waals surface area contributed by atoms with Crippen LogP contribution in [0.15, 0.2) is 54.3 Å². The van der Waals surface area contributed by atoms with Crippen molar-refractivity contribution >= 4 is 5.78 Å². The van der Waals surface area contributed by atoms with Crippen molar-refractivity contribution < 1.29 is 35.2 Å². The standard InChI is InChI=1S/C13H12O7/c14-11(9-5-2-1-3-6-9)13(20-17)8-4-7-10(18-15)12(13)19-16/h1-8,12,15-17H.